The topological polar surface area (TPSA) is 72.9 Å². The number of aryl methyl sites for hydroxylation is 1. The minimum Gasteiger partial charge on any atom is -0.493 e. The lowest BCUT2D eigenvalue weighted by molar-refractivity contribution is -0.153. The van der Waals surface area contributed by atoms with Crippen LogP contribution >= 0.6 is 0 Å². The SMILES string of the molecule is COc1cc(CCC(=O)N(C)C(C)c2ccc(S(C)(=O)=O)cc2)ccc1OCC(F)(F)F. The lowest BCUT2D eigenvalue weighted by atomic mass is 10.1. The lowest BCUT2D eigenvalue weighted by Gasteiger charge is -2.25. The van der Waals surface area contributed by atoms with Crippen molar-refractivity contribution in [1.82, 2.24) is 4.90 Å². The van der Waals surface area contributed by atoms with Crippen LogP contribution in [0.5, 0.6) is 11.5 Å². The first-order valence-corrected chi connectivity index (χ1v) is 11.6. The van der Waals surface area contributed by atoms with Crippen molar-refractivity contribution >= 4 is 15.7 Å². The van der Waals surface area contributed by atoms with Crippen molar-refractivity contribution in [2.24, 2.45) is 0 Å². The fourth-order valence-corrected chi connectivity index (χ4v) is 3.64. The fourth-order valence-electron chi connectivity index (χ4n) is 3.01. The molecule has 0 radical (unpaired) electrons. The second-order valence-corrected chi connectivity index (χ2v) is 9.43. The largest absolute Gasteiger partial charge is 0.493 e. The van der Waals surface area contributed by atoms with Crippen LogP contribution in [0.2, 0.25) is 0 Å². The molecular weight excluding hydrogens is 447 g/mol. The number of amides is 1. The molecule has 10 heteroatoms. The fraction of sp³-hybridized carbons (Fsp3) is 0.409. The quantitative estimate of drug-likeness (QED) is 0.546. The number of hydrogen-bond donors (Lipinski definition) is 0. The summed E-state index contributed by atoms with van der Waals surface area (Å²) in [5.41, 5.74) is 1.51. The first-order chi connectivity index (χ1) is 14.8. The molecule has 1 amide bonds. The van der Waals surface area contributed by atoms with Crippen LogP contribution in [0.4, 0.5) is 13.2 Å². The van der Waals surface area contributed by atoms with Crippen LogP contribution in [0.1, 0.15) is 30.5 Å². The average molecular weight is 474 g/mol. The van der Waals surface area contributed by atoms with Crippen molar-refractivity contribution in [2.45, 2.75) is 36.9 Å². The zero-order chi connectivity index (χ0) is 24.1. The highest BCUT2D eigenvalue weighted by Gasteiger charge is 2.29. The van der Waals surface area contributed by atoms with Crippen molar-refractivity contribution < 1.29 is 35.9 Å². The number of methoxy groups -OCH3 is 1. The van der Waals surface area contributed by atoms with Gasteiger partial charge in [-0.25, -0.2) is 8.42 Å². The number of sulfone groups is 1. The van der Waals surface area contributed by atoms with Gasteiger partial charge < -0.3 is 14.4 Å². The highest BCUT2D eigenvalue weighted by atomic mass is 32.2. The van der Waals surface area contributed by atoms with Crippen LogP contribution in [-0.4, -0.2) is 52.4 Å². The van der Waals surface area contributed by atoms with Crippen LogP contribution in [0.3, 0.4) is 0 Å². The van der Waals surface area contributed by atoms with E-state index in [2.05, 4.69) is 0 Å². The Labute approximate surface area is 185 Å². The first-order valence-electron chi connectivity index (χ1n) is 9.74. The summed E-state index contributed by atoms with van der Waals surface area (Å²) in [6, 6.07) is 10.6. The monoisotopic (exact) mass is 473 g/mol. The number of alkyl halides is 3. The summed E-state index contributed by atoms with van der Waals surface area (Å²) in [5.74, 6) is -0.00359. The first kappa shape index (κ1) is 25.5. The Morgan fingerprint density at radius 1 is 1.09 bits per heavy atom. The van der Waals surface area contributed by atoms with Crippen molar-refractivity contribution in [3.8, 4) is 11.5 Å². The third-order valence-electron chi connectivity index (χ3n) is 5.01. The molecule has 0 aliphatic heterocycles. The maximum absolute atomic E-state index is 12.6. The highest BCUT2D eigenvalue weighted by Crippen LogP contribution is 2.30. The van der Waals surface area contributed by atoms with Gasteiger partial charge in [-0.05, 0) is 48.7 Å². The minimum absolute atomic E-state index is 0.0248. The van der Waals surface area contributed by atoms with E-state index in [0.29, 0.717) is 12.0 Å². The number of nitrogens with zero attached hydrogens (tertiary/aromatic N) is 1. The molecule has 0 heterocycles. The molecule has 0 spiro atoms. The standard InChI is InChI=1S/C22H26F3NO5S/c1-15(17-7-9-18(10-8-17)32(4,28)29)26(2)21(27)12-6-16-5-11-19(20(13-16)30-3)31-14-22(23,24)25/h5,7-11,13,15H,6,12,14H2,1-4H3. The van der Waals surface area contributed by atoms with Crippen molar-refractivity contribution in [1.29, 1.82) is 0 Å². The summed E-state index contributed by atoms with van der Waals surface area (Å²) in [4.78, 5) is 14.4. The molecule has 0 aromatic heterocycles. The molecule has 2 aromatic rings. The van der Waals surface area contributed by atoms with Crippen molar-refractivity contribution in [3.05, 3.63) is 53.6 Å². The van der Waals surface area contributed by atoms with Gasteiger partial charge in [-0.15, -0.1) is 0 Å². The van der Waals surface area contributed by atoms with Gasteiger partial charge in [-0.3, -0.25) is 4.79 Å². The normalized spacial score (nSPS) is 12.8. The molecule has 2 aromatic carbocycles. The minimum atomic E-state index is -4.46. The summed E-state index contributed by atoms with van der Waals surface area (Å²) in [6.07, 6.45) is -2.79. The summed E-state index contributed by atoms with van der Waals surface area (Å²) < 4.78 is 70.1. The Balaban J connectivity index is 2.00. The average Bonchev–Trinajstić information content (AvgIpc) is 2.74. The van der Waals surface area contributed by atoms with Crippen LogP contribution in [0.25, 0.3) is 0 Å². The second-order valence-electron chi connectivity index (χ2n) is 7.41. The number of rotatable bonds is 9. The van der Waals surface area contributed by atoms with E-state index in [1.165, 1.54) is 25.3 Å². The van der Waals surface area contributed by atoms with E-state index >= 15 is 0 Å². The second kappa shape index (κ2) is 10.2. The molecule has 0 bridgehead atoms. The highest BCUT2D eigenvalue weighted by molar-refractivity contribution is 7.90. The summed E-state index contributed by atoms with van der Waals surface area (Å²) in [5, 5.41) is 0. The van der Waals surface area contributed by atoms with Gasteiger partial charge in [-0.1, -0.05) is 18.2 Å². The van der Waals surface area contributed by atoms with Crippen molar-refractivity contribution in [3.63, 3.8) is 0 Å². The van der Waals surface area contributed by atoms with Crippen LogP contribution in [0, 0.1) is 0 Å². The molecule has 1 unspecified atom stereocenters. The number of halogens is 3. The van der Waals surface area contributed by atoms with E-state index in [4.69, 9.17) is 9.47 Å². The van der Waals surface area contributed by atoms with E-state index in [0.717, 1.165) is 11.8 Å². The molecular formula is C22H26F3NO5S. The van der Waals surface area contributed by atoms with Gasteiger partial charge in [0.15, 0.2) is 27.9 Å². The van der Waals surface area contributed by atoms with E-state index in [1.807, 2.05) is 6.92 Å². The zero-order valence-corrected chi connectivity index (χ0v) is 19.1. The Kier molecular flexibility index (Phi) is 8.17. The zero-order valence-electron chi connectivity index (χ0n) is 18.3. The van der Waals surface area contributed by atoms with Gasteiger partial charge in [-0.2, -0.15) is 13.2 Å². The van der Waals surface area contributed by atoms with E-state index in [-0.39, 0.29) is 34.8 Å². The Morgan fingerprint density at radius 3 is 2.25 bits per heavy atom. The molecule has 0 aliphatic rings. The number of ether oxygens (including phenoxy) is 2. The maximum Gasteiger partial charge on any atom is 0.422 e. The summed E-state index contributed by atoms with van der Waals surface area (Å²) >= 11 is 0. The molecule has 32 heavy (non-hydrogen) atoms. The maximum atomic E-state index is 12.6. The molecule has 6 nitrogen and oxygen atoms in total. The van der Waals surface area contributed by atoms with Crippen LogP contribution in [0.15, 0.2) is 47.4 Å². The molecule has 0 aliphatic carbocycles. The van der Waals surface area contributed by atoms with E-state index < -0.39 is 22.6 Å². The molecule has 0 N–H and O–H groups in total. The number of carbonyl (C=O) groups excluding carboxylic acids is 1. The van der Waals surface area contributed by atoms with Gasteiger partial charge in [0.1, 0.15) is 0 Å². The molecule has 1 atom stereocenters. The smallest absolute Gasteiger partial charge is 0.422 e. The van der Waals surface area contributed by atoms with Gasteiger partial charge in [0.25, 0.3) is 0 Å². The number of benzene rings is 2. The Hall–Kier alpha value is -2.75. The molecule has 2 rings (SSSR count). The Morgan fingerprint density at radius 2 is 1.72 bits per heavy atom. The van der Waals surface area contributed by atoms with Crippen molar-refractivity contribution in [2.75, 3.05) is 27.0 Å². The van der Waals surface area contributed by atoms with Gasteiger partial charge >= 0.3 is 6.18 Å². The van der Waals surface area contributed by atoms with Crippen LogP contribution < -0.4 is 9.47 Å². The van der Waals surface area contributed by atoms with Gasteiger partial charge in [0, 0.05) is 19.7 Å². The number of hydrogen-bond acceptors (Lipinski definition) is 5. The molecule has 0 saturated carbocycles. The Bertz CT molecular complexity index is 1040. The predicted molar refractivity (Wildman–Crippen MR) is 114 cm³/mol. The van der Waals surface area contributed by atoms with E-state index in [9.17, 15) is 26.4 Å². The predicted octanol–water partition coefficient (Wildman–Crippen LogP) is 4.19. The molecule has 0 saturated heterocycles. The van der Waals surface area contributed by atoms with Gasteiger partial charge in [0.05, 0.1) is 18.0 Å². The summed E-state index contributed by atoms with van der Waals surface area (Å²) in [7, 11) is -0.309. The third-order valence-corrected chi connectivity index (χ3v) is 6.14. The lowest BCUT2D eigenvalue weighted by Crippen LogP contribution is -2.29. The van der Waals surface area contributed by atoms with Gasteiger partial charge in [0.2, 0.25) is 5.91 Å². The number of carbonyl (C=O) groups is 1. The van der Waals surface area contributed by atoms with E-state index in [1.54, 1.807) is 36.2 Å². The molecule has 176 valence electrons. The molecule has 0 fully saturated rings. The third kappa shape index (κ3) is 7.15. The van der Waals surface area contributed by atoms with Crippen LogP contribution in [-0.2, 0) is 21.1 Å². The summed E-state index contributed by atoms with van der Waals surface area (Å²) in [6.45, 7) is 0.415.